The molecule has 0 aliphatic rings. The molecule has 0 aliphatic heterocycles. The van der Waals surface area contributed by atoms with Gasteiger partial charge in [-0.1, -0.05) is 12.1 Å². The van der Waals surface area contributed by atoms with Crippen LogP contribution in [0.2, 0.25) is 0 Å². The van der Waals surface area contributed by atoms with Gasteiger partial charge in [0.2, 0.25) is 6.41 Å². The maximum absolute atomic E-state index is 13.1. The Hall–Kier alpha value is -1.38. The maximum atomic E-state index is 13.1. The standard InChI is InChI=1S/C10H12FNO/c1-7-3-9(5-12-6-13)4-8(2)10(7)11/h3-4,6H,5H2,1-2H3,(H,12,13). The molecule has 1 N–H and O–H groups in total. The summed E-state index contributed by atoms with van der Waals surface area (Å²) in [7, 11) is 0. The van der Waals surface area contributed by atoms with E-state index in [1.54, 1.807) is 26.0 Å². The molecule has 0 heterocycles. The van der Waals surface area contributed by atoms with Gasteiger partial charge in [-0.25, -0.2) is 4.39 Å². The van der Waals surface area contributed by atoms with Gasteiger partial charge in [-0.05, 0) is 30.5 Å². The molecule has 0 unspecified atom stereocenters. The Morgan fingerprint density at radius 3 is 2.38 bits per heavy atom. The number of rotatable bonds is 3. The van der Waals surface area contributed by atoms with Crippen molar-refractivity contribution in [2.45, 2.75) is 20.4 Å². The molecule has 0 aliphatic carbocycles. The lowest BCUT2D eigenvalue weighted by Crippen LogP contribution is -2.10. The van der Waals surface area contributed by atoms with Crippen LogP contribution < -0.4 is 5.32 Å². The fraction of sp³-hybridized carbons (Fsp3) is 0.300. The third-order valence-corrected chi connectivity index (χ3v) is 1.89. The van der Waals surface area contributed by atoms with E-state index in [-0.39, 0.29) is 5.82 Å². The summed E-state index contributed by atoms with van der Waals surface area (Å²) in [6.45, 7) is 3.88. The molecule has 1 aromatic rings. The first-order valence-electron chi connectivity index (χ1n) is 4.08. The van der Waals surface area contributed by atoms with Crippen molar-refractivity contribution < 1.29 is 9.18 Å². The quantitative estimate of drug-likeness (QED) is 0.706. The van der Waals surface area contributed by atoms with E-state index >= 15 is 0 Å². The summed E-state index contributed by atoms with van der Waals surface area (Å²) >= 11 is 0. The molecular weight excluding hydrogens is 169 g/mol. The van der Waals surface area contributed by atoms with Gasteiger partial charge in [0.25, 0.3) is 0 Å². The molecule has 0 atom stereocenters. The lowest BCUT2D eigenvalue weighted by atomic mass is 10.1. The number of carbonyl (C=O) groups is 1. The third kappa shape index (κ3) is 2.28. The van der Waals surface area contributed by atoms with Crippen LogP contribution in [0.4, 0.5) is 4.39 Å². The number of hydrogen-bond donors (Lipinski definition) is 1. The average Bonchev–Trinajstić information content (AvgIpc) is 2.10. The van der Waals surface area contributed by atoms with Gasteiger partial charge in [-0.3, -0.25) is 4.79 Å². The number of hydrogen-bond acceptors (Lipinski definition) is 1. The zero-order valence-corrected chi connectivity index (χ0v) is 7.73. The molecule has 0 fully saturated rings. The van der Waals surface area contributed by atoms with Crippen LogP contribution in [0, 0.1) is 19.7 Å². The molecule has 0 aromatic heterocycles. The van der Waals surface area contributed by atoms with E-state index in [4.69, 9.17) is 0 Å². The Kier molecular flexibility index (Phi) is 3.01. The van der Waals surface area contributed by atoms with E-state index in [0.717, 1.165) is 5.56 Å². The molecule has 2 nitrogen and oxygen atoms in total. The highest BCUT2D eigenvalue weighted by atomic mass is 19.1. The highest BCUT2D eigenvalue weighted by molar-refractivity contribution is 5.46. The highest BCUT2D eigenvalue weighted by Gasteiger charge is 2.03. The van der Waals surface area contributed by atoms with Crippen LogP contribution in [0.1, 0.15) is 16.7 Å². The Labute approximate surface area is 76.8 Å². The first kappa shape index (κ1) is 9.71. The first-order chi connectivity index (χ1) is 6.15. The summed E-state index contributed by atoms with van der Waals surface area (Å²) in [6.07, 6.45) is 0.633. The normalized spacial score (nSPS) is 9.77. The minimum atomic E-state index is -0.171. The fourth-order valence-corrected chi connectivity index (χ4v) is 1.30. The van der Waals surface area contributed by atoms with Crippen LogP contribution in [0.15, 0.2) is 12.1 Å². The molecule has 3 heteroatoms. The van der Waals surface area contributed by atoms with E-state index in [1.807, 2.05) is 0 Å². The van der Waals surface area contributed by atoms with Gasteiger partial charge in [-0.15, -0.1) is 0 Å². The maximum Gasteiger partial charge on any atom is 0.207 e. The van der Waals surface area contributed by atoms with Crippen LogP contribution in [0.5, 0.6) is 0 Å². The van der Waals surface area contributed by atoms with E-state index in [9.17, 15) is 9.18 Å². The van der Waals surface area contributed by atoms with Crippen molar-refractivity contribution in [2.24, 2.45) is 0 Å². The van der Waals surface area contributed by atoms with Crippen LogP contribution >= 0.6 is 0 Å². The van der Waals surface area contributed by atoms with E-state index in [0.29, 0.717) is 24.1 Å². The SMILES string of the molecule is Cc1cc(CNC=O)cc(C)c1F. The molecule has 1 amide bonds. The minimum absolute atomic E-state index is 0.171. The summed E-state index contributed by atoms with van der Waals surface area (Å²) in [5.41, 5.74) is 2.15. The van der Waals surface area contributed by atoms with Gasteiger partial charge >= 0.3 is 0 Å². The van der Waals surface area contributed by atoms with E-state index in [2.05, 4.69) is 5.32 Å². The molecule has 1 aromatic carbocycles. The second-order valence-electron chi connectivity index (χ2n) is 3.04. The van der Waals surface area contributed by atoms with Crippen molar-refractivity contribution in [3.63, 3.8) is 0 Å². The Morgan fingerprint density at radius 1 is 1.38 bits per heavy atom. The van der Waals surface area contributed by atoms with Crippen molar-refractivity contribution in [2.75, 3.05) is 0 Å². The number of benzene rings is 1. The van der Waals surface area contributed by atoms with Gasteiger partial charge in [0, 0.05) is 6.54 Å². The summed E-state index contributed by atoms with van der Waals surface area (Å²) in [5, 5.41) is 2.54. The predicted octanol–water partition coefficient (Wildman–Crippen LogP) is 1.69. The molecular formula is C10H12FNO. The highest BCUT2D eigenvalue weighted by Crippen LogP contribution is 2.14. The van der Waals surface area contributed by atoms with E-state index < -0.39 is 0 Å². The van der Waals surface area contributed by atoms with Crippen molar-refractivity contribution >= 4 is 6.41 Å². The van der Waals surface area contributed by atoms with Crippen molar-refractivity contribution in [1.29, 1.82) is 0 Å². The van der Waals surface area contributed by atoms with Crippen molar-refractivity contribution in [3.05, 3.63) is 34.6 Å². The largest absolute Gasteiger partial charge is 0.355 e. The van der Waals surface area contributed by atoms with E-state index in [1.165, 1.54) is 0 Å². The number of aryl methyl sites for hydroxylation is 2. The molecule has 70 valence electrons. The molecule has 0 saturated carbocycles. The molecule has 1 rings (SSSR count). The van der Waals surface area contributed by atoms with Crippen molar-refractivity contribution in [3.8, 4) is 0 Å². The lowest BCUT2D eigenvalue weighted by molar-refractivity contribution is -0.109. The smallest absolute Gasteiger partial charge is 0.207 e. The topological polar surface area (TPSA) is 29.1 Å². The lowest BCUT2D eigenvalue weighted by Gasteiger charge is -2.05. The van der Waals surface area contributed by atoms with Gasteiger partial charge in [0.15, 0.2) is 0 Å². The monoisotopic (exact) mass is 181 g/mol. The van der Waals surface area contributed by atoms with Gasteiger partial charge in [-0.2, -0.15) is 0 Å². The Bertz CT molecular complexity index is 300. The van der Waals surface area contributed by atoms with Crippen LogP contribution in [0.3, 0.4) is 0 Å². The fourth-order valence-electron chi connectivity index (χ4n) is 1.30. The van der Waals surface area contributed by atoms with Crippen LogP contribution in [0.25, 0.3) is 0 Å². The van der Waals surface area contributed by atoms with Gasteiger partial charge in [0.1, 0.15) is 5.82 Å². The predicted molar refractivity (Wildman–Crippen MR) is 48.8 cm³/mol. The van der Waals surface area contributed by atoms with Gasteiger partial charge < -0.3 is 5.32 Å². The third-order valence-electron chi connectivity index (χ3n) is 1.89. The summed E-state index contributed by atoms with van der Waals surface area (Å²) in [5.74, 6) is -0.171. The minimum Gasteiger partial charge on any atom is -0.355 e. The molecule has 0 bridgehead atoms. The molecule has 0 spiro atoms. The van der Waals surface area contributed by atoms with Crippen LogP contribution in [-0.2, 0) is 11.3 Å². The second kappa shape index (κ2) is 4.03. The molecule has 0 saturated heterocycles. The summed E-state index contributed by atoms with van der Waals surface area (Å²) in [6, 6.07) is 3.47. The zero-order valence-electron chi connectivity index (χ0n) is 7.73. The zero-order chi connectivity index (χ0) is 9.84. The van der Waals surface area contributed by atoms with Crippen LogP contribution in [-0.4, -0.2) is 6.41 Å². The number of halogens is 1. The number of amides is 1. The molecule has 0 radical (unpaired) electrons. The number of carbonyl (C=O) groups excluding carboxylic acids is 1. The van der Waals surface area contributed by atoms with Gasteiger partial charge in [0.05, 0.1) is 0 Å². The average molecular weight is 181 g/mol. The number of nitrogens with one attached hydrogen (secondary N) is 1. The summed E-state index contributed by atoms with van der Waals surface area (Å²) in [4.78, 5) is 10.0. The summed E-state index contributed by atoms with van der Waals surface area (Å²) < 4.78 is 13.1. The molecule has 13 heavy (non-hydrogen) atoms. The Balaban J connectivity index is 2.92. The Morgan fingerprint density at radius 2 is 1.92 bits per heavy atom. The van der Waals surface area contributed by atoms with Crippen molar-refractivity contribution in [1.82, 2.24) is 5.32 Å². The second-order valence-corrected chi connectivity index (χ2v) is 3.04. The first-order valence-corrected chi connectivity index (χ1v) is 4.08.